The van der Waals surface area contributed by atoms with Gasteiger partial charge in [-0.3, -0.25) is 4.98 Å². The van der Waals surface area contributed by atoms with Crippen LogP contribution in [0.2, 0.25) is 0 Å². The second-order valence-electron chi connectivity index (χ2n) is 1.67. The van der Waals surface area contributed by atoms with Crippen LogP contribution in [0, 0.1) is 5.82 Å². The highest BCUT2D eigenvalue weighted by Gasteiger charge is 1.95. The van der Waals surface area contributed by atoms with Gasteiger partial charge in [0.05, 0.1) is 6.20 Å². The Kier molecular flexibility index (Phi) is 3.91. The van der Waals surface area contributed by atoms with E-state index in [1.54, 1.807) is 6.07 Å². The number of aromatic nitrogens is 1. The average molecular weight is 163 g/mol. The summed E-state index contributed by atoms with van der Waals surface area (Å²) in [6.07, 6.45) is 2.67. The van der Waals surface area contributed by atoms with Gasteiger partial charge in [-0.2, -0.15) is 0 Å². The van der Waals surface area contributed by atoms with E-state index in [1.165, 1.54) is 6.20 Å². The second-order valence-corrected chi connectivity index (χ2v) is 1.67. The molecule has 10 heavy (non-hydrogen) atoms. The summed E-state index contributed by atoms with van der Waals surface area (Å²) in [6.45, 7) is 0.231. The van der Waals surface area contributed by atoms with Crippen molar-refractivity contribution in [1.82, 2.24) is 4.98 Å². The first-order valence-electron chi connectivity index (χ1n) is 2.63. The predicted octanol–water partition coefficient (Wildman–Crippen LogP) is 1.10. The Morgan fingerprint density at radius 2 is 2.30 bits per heavy atom. The fraction of sp³-hybridized carbons (Fsp3) is 0.167. The SMILES string of the molecule is Cl.NCc1ccncc1F. The molecule has 0 radical (unpaired) electrons. The topological polar surface area (TPSA) is 38.9 Å². The zero-order chi connectivity index (χ0) is 6.69. The van der Waals surface area contributed by atoms with Crippen molar-refractivity contribution in [2.45, 2.75) is 6.54 Å². The van der Waals surface area contributed by atoms with Crippen LogP contribution in [0.5, 0.6) is 0 Å². The first kappa shape index (κ1) is 9.33. The monoisotopic (exact) mass is 162 g/mol. The second kappa shape index (κ2) is 4.19. The van der Waals surface area contributed by atoms with Gasteiger partial charge in [-0.25, -0.2) is 4.39 Å². The fourth-order valence-corrected chi connectivity index (χ4v) is 0.570. The van der Waals surface area contributed by atoms with Crippen molar-refractivity contribution in [2.24, 2.45) is 5.73 Å². The molecule has 1 aromatic heterocycles. The molecule has 1 heterocycles. The molecular weight excluding hydrogens is 155 g/mol. The lowest BCUT2D eigenvalue weighted by molar-refractivity contribution is 0.604. The molecule has 2 N–H and O–H groups in total. The molecule has 0 bridgehead atoms. The fourth-order valence-electron chi connectivity index (χ4n) is 0.570. The zero-order valence-corrected chi connectivity index (χ0v) is 6.07. The lowest BCUT2D eigenvalue weighted by Crippen LogP contribution is -1.99. The maximum atomic E-state index is 12.4. The smallest absolute Gasteiger partial charge is 0.145 e. The van der Waals surface area contributed by atoms with Crippen LogP contribution in [0.15, 0.2) is 18.5 Å². The molecule has 4 heteroatoms. The molecule has 0 aliphatic heterocycles. The standard InChI is InChI=1S/C6H7FN2.ClH/c7-6-4-9-2-1-5(6)3-8;/h1-2,4H,3,8H2;1H. The van der Waals surface area contributed by atoms with Crippen molar-refractivity contribution in [3.63, 3.8) is 0 Å². The third kappa shape index (κ3) is 1.93. The van der Waals surface area contributed by atoms with Gasteiger partial charge >= 0.3 is 0 Å². The zero-order valence-electron chi connectivity index (χ0n) is 5.25. The average Bonchev–Trinajstić information content (AvgIpc) is 1.89. The summed E-state index contributed by atoms with van der Waals surface area (Å²) in [5, 5.41) is 0. The minimum absolute atomic E-state index is 0. The van der Waals surface area contributed by atoms with Crippen molar-refractivity contribution in [1.29, 1.82) is 0 Å². The Morgan fingerprint density at radius 3 is 2.70 bits per heavy atom. The Hall–Kier alpha value is -0.670. The van der Waals surface area contributed by atoms with E-state index in [0.29, 0.717) is 5.56 Å². The molecule has 0 unspecified atom stereocenters. The predicted molar refractivity (Wildman–Crippen MR) is 39.3 cm³/mol. The van der Waals surface area contributed by atoms with Crippen molar-refractivity contribution < 1.29 is 4.39 Å². The molecule has 0 aliphatic rings. The van der Waals surface area contributed by atoms with Gasteiger partial charge < -0.3 is 5.73 Å². The first-order chi connectivity index (χ1) is 4.34. The van der Waals surface area contributed by atoms with Gasteiger partial charge in [-0.1, -0.05) is 0 Å². The minimum Gasteiger partial charge on any atom is -0.326 e. The van der Waals surface area contributed by atoms with Gasteiger partial charge in [0, 0.05) is 18.3 Å². The van der Waals surface area contributed by atoms with Crippen LogP contribution in [0.25, 0.3) is 0 Å². The number of rotatable bonds is 1. The summed E-state index contributed by atoms with van der Waals surface area (Å²) in [4.78, 5) is 3.56. The number of nitrogens with two attached hydrogens (primary N) is 1. The van der Waals surface area contributed by atoms with E-state index in [9.17, 15) is 4.39 Å². The van der Waals surface area contributed by atoms with Crippen molar-refractivity contribution >= 4 is 12.4 Å². The van der Waals surface area contributed by atoms with Crippen LogP contribution in [0.4, 0.5) is 4.39 Å². The number of hydrogen-bond acceptors (Lipinski definition) is 2. The summed E-state index contributed by atoms with van der Waals surface area (Å²) < 4.78 is 12.4. The summed E-state index contributed by atoms with van der Waals surface area (Å²) in [6, 6.07) is 1.56. The Balaban J connectivity index is 0.000000810. The lowest BCUT2D eigenvalue weighted by atomic mass is 10.3. The Labute approximate surface area is 64.7 Å². The van der Waals surface area contributed by atoms with Crippen molar-refractivity contribution in [3.8, 4) is 0 Å². The van der Waals surface area contributed by atoms with E-state index < -0.39 is 0 Å². The van der Waals surface area contributed by atoms with Gasteiger partial charge in [0.25, 0.3) is 0 Å². The normalized spacial score (nSPS) is 8.60. The van der Waals surface area contributed by atoms with Crippen molar-refractivity contribution in [2.75, 3.05) is 0 Å². The van der Waals surface area contributed by atoms with Gasteiger partial charge in [-0.05, 0) is 6.07 Å². The molecule has 1 aromatic rings. The number of hydrogen-bond donors (Lipinski definition) is 1. The van der Waals surface area contributed by atoms with Gasteiger partial charge in [0.15, 0.2) is 0 Å². The van der Waals surface area contributed by atoms with E-state index >= 15 is 0 Å². The first-order valence-corrected chi connectivity index (χ1v) is 2.63. The van der Waals surface area contributed by atoms with E-state index in [1.807, 2.05) is 0 Å². The molecule has 0 aromatic carbocycles. The van der Waals surface area contributed by atoms with Crippen LogP contribution >= 0.6 is 12.4 Å². The Bertz CT molecular complexity index is 205. The highest BCUT2D eigenvalue weighted by molar-refractivity contribution is 5.85. The Morgan fingerprint density at radius 1 is 1.60 bits per heavy atom. The van der Waals surface area contributed by atoms with E-state index in [0.717, 1.165) is 6.20 Å². The largest absolute Gasteiger partial charge is 0.326 e. The molecule has 0 spiro atoms. The highest BCUT2D eigenvalue weighted by Crippen LogP contribution is 2.01. The summed E-state index contributed by atoms with van der Waals surface area (Å²) >= 11 is 0. The van der Waals surface area contributed by atoms with Crippen LogP contribution < -0.4 is 5.73 Å². The quantitative estimate of drug-likeness (QED) is 0.672. The molecule has 0 saturated carbocycles. The molecule has 0 amide bonds. The van der Waals surface area contributed by atoms with Crippen LogP contribution in [-0.4, -0.2) is 4.98 Å². The molecule has 0 atom stereocenters. The third-order valence-electron chi connectivity index (χ3n) is 1.08. The van der Waals surface area contributed by atoms with Gasteiger partial charge in [0.1, 0.15) is 5.82 Å². The van der Waals surface area contributed by atoms with E-state index in [2.05, 4.69) is 4.98 Å². The van der Waals surface area contributed by atoms with Gasteiger partial charge in [-0.15, -0.1) is 12.4 Å². The summed E-state index contributed by atoms with van der Waals surface area (Å²) in [5.74, 6) is -0.333. The molecular formula is C6H8ClFN2. The van der Waals surface area contributed by atoms with E-state index in [-0.39, 0.29) is 24.8 Å². The molecule has 0 aliphatic carbocycles. The lowest BCUT2D eigenvalue weighted by Gasteiger charge is -1.94. The summed E-state index contributed by atoms with van der Waals surface area (Å²) in [7, 11) is 0. The molecule has 56 valence electrons. The van der Waals surface area contributed by atoms with E-state index in [4.69, 9.17) is 5.73 Å². The molecule has 2 nitrogen and oxygen atoms in total. The number of nitrogens with zero attached hydrogens (tertiary/aromatic N) is 1. The van der Waals surface area contributed by atoms with Crippen LogP contribution in [-0.2, 0) is 6.54 Å². The maximum absolute atomic E-state index is 12.4. The minimum atomic E-state index is -0.333. The number of halogens is 2. The number of pyridine rings is 1. The molecule has 0 fully saturated rings. The summed E-state index contributed by atoms with van der Waals surface area (Å²) in [5.41, 5.74) is 5.69. The molecule has 0 saturated heterocycles. The van der Waals surface area contributed by atoms with Crippen LogP contribution in [0.1, 0.15) is 5.56 Å². The van der Waals surface area contributed by atoms with Crippen molar-refractivity contribution in [3.05, 3.63) is 29.8 Å². The maximum Gasteiger partial charge on any atom is 0.145 e. The highest BCUT2D eigenvalue weighted by atomic mass is 35.5. The van der Waals surface area contributed by atoms with Crippen LogP contribution in [0.3, 0.4) is 0 Å². The third-order valence-corrected chi connectivity index (χ3v) is 1.08. The van der Waals surface area contributed by atoms with Gasteiger partial charge in [0.2, 0.25) is 0 Å². The molecule has 1 rings (SSSR count).